The first kappa shape index (κ1) is 17.4. The Bertz CT molecular complexity index is 810. The second-order valence-electron chi connectivity index (χ2n) is 7.00. The normalized spacial score (nSPS) is 19.4. The topological polar surface area (TPSA) is 58.1 Å². The lowest BCUT2D eigenvalue weighted by Gasteiger charge is -2.25. The Kier molecular flexibility index (Phi) is 5.18. The second kappa shape index (κ2) is 7.72. The van der Waals surface area contributed by atoms with Crippen LogP contribution in [-0.4, -0.2) is 33.9 Å². The van der Waals surface area contributed by atoms with E-state index in [1.807, 2.05) is 35.4 Å². The van der Waals surface area contributed by atoms with Crippen LogP contribution in [0.2, 0.25) is 5.02 Å². The van der Waals surface area contributed by atoms with Crippen LogP contribution in [0.5, 0.6) is 0 Å². The Hall–Kier alpha value is -1.98. The number of rotatable bonds is 4. The highest BCUT2D eigenvalue weighted by molar-refractivity contribution is 6.30. The van der Waals surface area contributed by atoms with Gasteiger partial charge in [-0.2, -0.15) is 0 Å². The summed E-state index contributed by atoms with van der Waals surface area (Å²) >= 11 is 6.03. The first-order chi connectivity index (χ1) is 12.7. The minimum absolute atomic E-state index is 0.0158. The van der Waals surface area contributed by atoms with Crippen molar-refractivity contribution < 1.29 is 4.79 Å². The van der Waals surface area contributed by atoms with Gasteiger partial charge in [0.2, 0.25) is 5.91 Å². The predicted octanol–water partition coefficient (Wildman–Crippen LogP) is 3.07. The standard InChI is InChI=1S/C20H23ClN4O/c21-16-4-1-3-14(11-16)6-7-19(26)25-10-2-5-18(25)20-23-13-15-12-22-9-8-17(15)24-20/h1,3-4,11,13,18,22H,2,5-10,12H2/t18-/m0/s1. The van der Waals surface area contributed by atoms with Gasteiger partial charge >= 0.3 is 0 Å². The van der Waals surface area contributed by atoms with E-state index in [4.69, 9.17) is 16.6 Å². The van der Waals surface area contributed by atoms with Gasteiger partial charge in [-0.15, -0.1) is 0 Å². The molecule has 26 heavy (non-hydrogen) atoms. The summed E-state index contributed by atoms with van der Waals surface area (Å²) in [6.45, 7) is 2.58. The van der Waals surface area contributed by atoms with E-state index in [0.29, 0.717) is 17.9 Å². The highest BCUT2D eigenvalue weighted by atomic mass is 35.5. The Morgan fingerprint density at radius 3 is 3.19 bits per heavy atom. The fraction of sp³-hybridized carbons (Fsp3) is 0.450. The van der Waals surface area contributed by atoms with Gasteiger partial charge < -0.3 is 10.2 Å². The number of aromatic nitrogens is 2. The third-order valence-corrected chi connectivity index (χ3v) is 5.45. The van der Waals surface area contributed by atoms with Crippen molar-refractivity contribution in [2.45, 2.75) is 44.7 Å². The number of likely N-dealkylation sites (tertiary alicyclic amines) is 1. The third kappa shape index (κ3) is 3.74. The molecule has 1 N–H and O–H groups in total. The molecule has 136 valence electrons. The molecule has 5 nitrogen and oxygen atoms in total. The van der Waals surface area contributed by atoms with Gasteiger partial charge in [0.1, 0.15) is 0 Å². The van der Waals surface area contributed by atoms with Gasteiger partial charge in [0.05, 0.1) is 6.04 Å². The molecule has 2 aromatic rings. The molecule has 0 radical (unpaired) electrons. The van der Waals surface area contributed by atoms with Crippen LogP contribution in [0.4, 0.5) is 0 Å². The van der Waals surface area contributed by atoms with Crippen molar-refractivity contribution in [3.8, 4) is 0 Å². The molecule has 0 bridgehead atoms. The van der Waals surface area contributed by atoms with Gasteiger partial charge in [0.25, 0.3) is 0 Å². The van der Waals surface area contributed by atoms with E-state index >= 15 is 0 Å². The van der Waals surface area contributed by atoms with E-state index in [1.165, 1.54) is 5.56 Å². The smallest absolute Gasteiger partial charge is 0.223 e. The predicted molar refractivity (Wildman–Crippen MR) is 101 cm³/mol. The maximum Gasteiger partial charge on any atom is 0.223 e. The quantitative estimate of drug-likeness (QED) is 0.898. The van der Waals surface area contributed by atoms with Gasteiger partial charge in [-0.3, -0.25) is 4.79 Å². The number of aryl methyl sites for hydroxylation is 1. The molecule has 1 atom stereocenters. The summed E-state index contributed by atoms with van der Waals surface area (Å²) in [7, 11) is 0. The third-order valence-electron chi connectivity index (χ3n) is 5.21. The minimum Gasteiger partial charge on any atom is -0.332 e. The lowest BCUT2D eigenvalue weighted by molar-refractivity contribution is -0.132. The van der Waals surface area contributed by atoms with Crippen molar-refractivity contribution in [3.05, 3.63) is 58.1 Å². The number of halogens is 1. The molecule has 4 rings (SSSR count). The highest BCUT2D eigenvalue weighted by Gasteiger charge is 2.32. The number of carbonyl (C=O) groups is 1. The average molecular weight is 371 g/mol. The fourth-order valence-electron chi connectivity index (χ4n) is 3.83. The number of amides is 1. The van der Waals surface area contributed by atoms with Crippen molar-refractivity contribution in [2.24, 2.45) is 0 Å². The molecule has 2 aliphatic heterocycles. The molecule has 0 aliphatic carbocycles. The maximum absolute atomic E-state index is 12.8. The second-order valence-corrected chi connectivity index (χ2v) is 7.44. The van der Waals surface area contributed by atoms with Crippen molar-refractivity contribution in [3.63, 3.8) is 0 Å². The van der Waals surface area contributed by atoms with E-state index in [2.05, 4.69) is 10.3 Å². The van der Waals surface area contributed by atoms with Gasteiger partial charge in [-0.25, -0.2) is 9.97 Å². The largest absolute Gasteiger partial charge is 0.332 e. The van der Waals surface area contributed by atoms with E-state index in [0.717, 1.165) is 56.0 Å². The molecule has 1 aromatic carbocycles. The van der Waals surface area contributed by atoms with Crippen LogP contribution < -0.4 is 5.32 Å². The number of carbonyl (C=O) groups excluding carboxylic acids is 1. The zero-order chi connectivity index (χ0) is 17.9. The van der Waals surface area contributed by atoms with Crippen LogP contribution >= 0.6 is 11.6 Å². The summed E-state index contributed by atoms with van der Waals surface area (Å²) in [5.41, 5.74) is 3.41. The van der Waals surface area contributed by atoms with Crippen LogP contribution in [0.15, 0.2) is 30.5 Å². The molecule has 0 unspecified atom stereocenters. The SMILES string of the molecule is O=C(CCc1cccc(Cl)c1)N1CCC[C@H]1c1ncc2c(n1)CCNC2. The number of fused-ring (bicyclic) bond motifs is 1. The summed E-state index contributed by atoms with van der Waals surface area (Å²) in [4.78, 5) is 24.1. The Labute approximate surface area is 158 Å². The molecule has 1 aromatic heterocycles. The van der Waals surface area contributed by atoms with E-state index in [9.17, 15) is 4.79 Å². The first-order valence-electron chi connectivity index (χ1n) is 9.30. The summed E-state index contributed by atoms with van der Waals surface area (Å²) in [6, 6.07) is 7.74. The molecule has 1 amide bonds. The Morgan fingerprint density at radius 2 is 2.31 bits per heavy atom. The average Bonchev–Trinajstić information content (AvgIpc) is 3.16. The molecule has 1 saturated heterocycles. The van der Waals surface area contributed by atoms with Gasteiger partial charge in [-0.05, 0) is 37.0 Å². The van der Waals surface area contributed by atoms with Crippen molar-refractivity contribution in [1.29, 1.82) is 0 Å². The molecule has 3 heterocycles. The van der Waals surface area contributed by atoms with Crippen molar-refractivity contribution in [1.82, 2.24) is 20.2 Å². The lowest BCUT2D eigenvalue weighted by Crippen LogP contribution is -2.32. The monoisotopic (exact) mass is 370 g/mol. The number of hydrogen-bond acceptors (Lipinski definition) is 4. The molecular weight excluding hydrogens is 348 g/mol. The minimum atomic E-state index is 0.0158. The van der Waals surface area contributed by atoms with E-state index in [1.54, 1.807) is 0 Å². The molecule has 2 aliphatic rings. The fourth-order valence-corrected chi connectivity index (χ4v) is 4.05. The number of nitrogens with zero attached hydrogens (tertiary/aromatic N) is 3. The molecule has 1 fully saturated rings. The number of nitrogens with one attached hydrogen (secondary N) is 1. The summed E-state index contributed by atoms with van der Waals surface area (Å²) in [5, 5.41) is 4.05. The summed E-state index contributed by atoms with van der Waals surface area (Å²) in [5.74, 6) is 0.981. The molecule has 6 heteroatoms. The molecule has 0 saturated carbocycles. The van der Waals surface area contributed by atoms with Crippen molar-refractivity contribution in [2.75, 3.05) is 13.1 Å². The summed E-state index contributed by atoms with van der Waals surface area (Å²) in [6.07, 6.45) is 6.01. The van der Waals surface area contributed by atoms with Crippen molar-refractivity contribution >= 4 is 17.5 Å². The Balaban J connectivity index is 1.45. The van der Waals surface area contributed by atoms with E-state index in [-0.39, 0.29) is 11.9 Å². The molecular formula is C20H23ClN4O. The lowest BCUT2D eigenvalue weighted by atomic mass is 10.1. The van der Waals surface area contributed by atoms with Crippen LogP contribution in [0.25, 0.3) is 0 Å². The Morgan fingerprint density at radius 1 is 1.38 bits per heavy atom. The van der Waals surface area contributed by atoms with E-state index < -0.39 is 0 Å². The molecule has 0 spiro atoms. The van der Waals surface area contributed by atoms with Gasteiger partial charge in [0.15, 0.2) is 5.82 Å². The van der Waals surface area contributed by atoms with Gasteiger partial charge in [0, 0.05) is 55.0 Å². The zero-order valence-corrected chi connectivity index (χ0v) is 15.5. The maximum atomic E-state index is 12.8. The number of benzene rings is 1. The van der Waals surface area contributed by atoms with Crippen LogP contribution in [0.3, 0.4) is 0 Å². The highest BCUT2D eigenvalue weighted by Crippen LogP contribution is 2.31. The van der Waals surface area contributed by atoms with Crippen LogP contribution in [-0.2, 0) is 24.2 Å². The first-order valence-corrected chi connectivity index (χ1v) is 9.68. The summed E-state index contributed by atoms with van der Waals surface area (Å²) < 4.78 is 0. The number of hydrogen-bond donors (Lipinski definition) is 1. The van der Waals surface area contributed by atoms with Crippen LogP contribution in [0.1, 0.15) is 47.9 Å². The zero-order valence-electron chi connectivity index (χ0n) is 14.7. The van der Waals surface area contributed by atoms with Gasteiger partial charge in [-0.1, -0.05) is 23.7 Å². The van der Waals surface area contributed by atoms with Crippen LogP contribution in [0, 0.1) is 0 Å².